The summed E-state index contributed by atoms with van der Waals surface area (Å²) in [5.41, 5.74) is -0.0874. The Bertz CT molecular complexity index is 290. The Morgan fingerprint density at radius 2 is 2.24 bits per heavy atom. The quantitative estimate of drug-likeness (QED) is 0.733. The summed E-state index contributed by atoms with van der Waals surface area (Å²) in [5, 5.41) is 3.40. The molecule has 1 spiro atoms. The number of morpholine rings is 1. The van der Waals surface area contributed by atoms with Crippen molar-refractivity contribution in [1.29, 1.82) is 0 Å². The molecular weight excluding hydrogens is 216 g/mol. The van der Waals surface area contributed by atoms with Crippen molar-refractivity contribution in [2.24, 2.45) is 5.92 Å². The highest BCUT2D eigenvalue weighted by Crippen LogP contribution is 2.31. The van der Waals surface area contributed by atoms with E-state index in [0.29, 0.717) is 18.4 Å². The molecule has 0 aromatic carbocycles. The normalized spacial score (nSPS) is 34.7. The van der Waals surface area contributed by atoms with Gasteiger partial charge in [0, 0.05) is 19.0 Å². The van der Waals surface area contributed by atoms with Gasteiger partial charge in [-0.2, -0.15) is 0 Å². The molecule has 96 valence electrons. The molecule has 0 radical (unpaired) electrons. The summed E-state index contributed by atoms with van der Waals surface area (Å²) in [5.74, 6) is 0.700. The summed E-state index contributed by atoms with van der Waals surface area (Å²) in [6, 6.07) is 0. The van der Waals surface area contributed by atoms with E-state index < -0.39 is 0 Å². The molecule has 3 aliphatic rings. The van der Waals surface area contributed by atoms with E-state index >= 15 is 0 Å². The van der Waals surface area contributed by atoms with Crippen LogP contribution in [0.2, 0.25) is 0 Å². The molecule has 0 bridgehead atoms. The van der Waals surface area contributed by atoms with E-state index in [1.54, 1.807) is 0 Å². The van der Waals surface area contributed by atoms with E-state index in [-0.39, 0.29) is 5.60 Å². The molecule has 1 N–H and O–H groups in total. The average molecular weight is 238 g/mol. The molecule has 2 heterocycles. The molecule has 4 nitrogen and oxygen atoms in total. The Kier molecular flexibility index (Phi) is 3.09. The Balaban J connectivity index is 1.64. The third-order valence-corrected chi connectivity index (χ3v) is 4.45. The Hall–Kier alpha value is -0.610. The van der Waals surface area contributed by atoms with Crippen LogP contribution in [0.4, 0.5) is 0 Å². The van der Waals surface area contributed by atoms with E-state index in [0.717, 1.165) is 51.9 Å². The largest absolute Gasteiger partial charge is 0.370 e. The van der Waals surface area contributed by atoms with Gasteiger partial charge in [-0.25, -0.2) is 0 Å². The second-order valence-corrected chi connectivity index (χ2v) is 5.70. The van der Waals surface area contributed by atoms with Crippen LogP contribution in [0.3, 0.4) is 0 Å². The summed E-state index contributed by atoms with van der Waals surface area (Å²) in [6.45, 7) is 4.29. The van der Waals surface area contributed by atoms with E-state index in [4.69, 9.17) is 4.74 Å². The van der Waals surface area contributed by atoms with Crippen molar-refractivity contribution in [2.75, 3.05) is 32.8 Å². The molecule has 0 unspecified atom stereocenters. The van der Waals surface area contributed by atoms with Crippen molar-refractivity contribution in [2.45, 2.75) is 37.7 Å². The van der Waals surface area contributed by atoms with Crippen molar-refractivity contribution in [3.05, 3.63) is 0 Å². The molecule has 17 heavy (non-hydrogen) atoms. The first-order chi connectivity index (χ1) is 8.29. The second kappa shape index (κ2) is 4.58. The highest BCUT2D eigenvalue weighted by Gasteiger charge is 2.41. The SMILES string of the molecule is O=C(C1CCC1)N1CCO[C@@]2(CCCNC2)C1. The van der Waals surface area contributed by atoms with E-state index in [9.17, 15) is 4.79 Å². The number of nitrogens with one attached hydrogen (secondary N) is 1. The van der Waals surface area contributed by atoms with Gasteiger partial charge in [0.05, 0.1) is 18.8 Å². The number of piperidine rings is 1. The predicted molar refractivity (Wildman–Crippen MR) is 64.7 cm³/mol. The summed E-state index contributed by atoms with van der Waals surface area (Å²) in [6.07, 6.45) is 5.68. The van der Waals surface area contributed by atoms with Gasteiger partial charge >= 0.3 is 0 Å². The Labute approximate surface area is 103 Å². The van der Waals surface area contributed by atoms with Gasteiger partial charge in [0.2, 0.25) is 5.91 Å². The van der Waals surface area contributed by atoms with Crippen LogP contribution < -0.4 is 5.32 Å². The fourth-order valence-electron chi connectivity index (χ4n) is 3.14. The summed E-state index contributed by atoms with van der Waals surface area (Å²) < 4.78 is 5.96. The minimum absolute atomic E-state index is 0.0874. The van der Waals surface area contributed by atoms with Gasteiger partial charge in [-0.15, -0.1) is 0 Å². The molecule has 4 heteroatoms. The smallest absolute Gasteiger partial charge is 0.225 e. The van der Waals surface area contributed by atoms with Gasteiger partial charge in [0.15, 0.2) is 0 Å². The Morgan fingerprint density at radius 1 is 1.35 bits per heavy atom. The first-order valence-electron chi connectivity index (χ1n) is 6.93. The molecule has 0 aromatic heterocycles. The lowest BCUT2D eigenvalue weighted by Gasteiger charge is -2.46. The van der Waals surface area contributed by atoms with Crippen LogP contribution >= 0.6 is 0 Å². The van der Waals surface area contributed by atoms with Crippen LogP contribution in [-0.2, 0) is 9.53 Å². The third-order valence-electron chi connectivity index (χ3n) is 4.45. The first-order valence-corrected chi connectivity index (χ1v) is 6.93. The monoisotopic (exact) mass is 238 g/mol. The van der Waals surface area contributed by atoms with Gasteiger partial charge in [-0.3, -0.25) is 4.79 Å². The molecule has 2 aliphatic heterocycles. The summed E-state index contributed by atoms with van der Waals surface area (Å²) >= 11 is 0. The molecule has 1 amide bonds. The average Bonchev–Trinajstić information content (AvgIpc) is 2.28. The maximum atomic E-state index is 12.3. The number of carbonyl (C=O) groups excluding carboxylic acids is 1. The maximum absolute atomic E-state index is 12.3. The topological polar surface area (TPSA) is 41.6 Å². The van der Waals surface area contributed by atoms with Crippen molar-refractivity contribution in [1.82, 2.24) is 10.2 Å². The lowest BCUT2D eigenvalue weighted by Crippen LogP contribution is -2.60. The highest BCUT2D eigenvalue weighted by atomic mass is 16.5. The van der Waals surface area contributed by atoms with Crippen LogP contribution in [0.1, 0.15) is 32.1 Å². The summed E-state index contributed by atoms with van der Waals surface area (Å²) in [4.78, 5) is 14.3. The number of ether oxygens (including phenoxy) is 1. The molecule has 1 saturated carbocycles. The van der Waals surface area contributed by atoms with Crippen LogP contribution in [-0.4, -0.2) is 49.2 Å². The van der Waals surface area contributed by atoms with Gasteiger partial charge in [-0.05, 0) is 32.2 Å². The van der Waals surface area contributed by atoms with Crippen LogP contribution in [0.25, 0.3) is 0 Å². The summed E-state index contributed by atoms with van der Waals surface area (Å²) in [7, 11) is 0. The van der Waals surface area contributed by atoms with E-state index in [1.165, 1.54) is 6.42 Å². The molecule has 1 atom stereocenters. The molecule has 0 aromatic rings. The number of hydrogen-bond acceptors (Lipinski definition) is 3. The molecule has 3 rings (SSSR count). The highest BCUT2D eigenvalue weighted by molar-refractivity contribution is 5.79. The lowest BCUT2D eigenvalue weighted by molar-refractivity contribution is -0.159. The third kappa shape index (κ3) is 2.20. The van der Waals surface area contributed by atoms with Gasteiger partial charge < -0.3 is 15.0 Å². The second-order valence-electron chi connectivity index (χ2n) is 5.70. The molecule has 1 aliphatic carbocycles. The van der Waals surface area contributed by atoms with Crippen molar-refractivity contribution in [3.63, 3.8) is 0 Å². The van der Waals surface area contributed by atoms with Crippen molar-refractivity contribution < 1.29 is 9.53 Å². The number of amides is 1. The molecule has 3 fully saturated rings. The minimum Gasteiger partial charge on any atom is -0.370 e. The van der Waals surface area contributed by atoms with Gasteiger partial charge in [0.25, 0.3) is 0 Å². The minimum atomic E-state index is -0.0874. The van der Waals surface area contributed by atoms with Crippen LogP contribution in [0.5, 0.6) is 0 Å². The standard InChI is InChI=1S/C13H22N2O2/c16-12(11-3-1-4-11)15-7-8-17-13(10-15)5-2-6-14-9-13/h11,14H,1-10H2/t13-/m1/s1. The van der Waals surface area contributed by atoms with E-state index in [2.05, 4.69) is 10.2 Å². The predicted octanol–water partition coefficient (Wildman–Crippen LogP) is 0.767. The number of hydrogen-bond donors (Lipinski definition) is 1. The fraction of sp³-hybridized carbons (Fsp3) is 0.923. The van der Waals surface area contributed by atoms with Gasteiger partial charge in [-0.1, -0.05) is 6.42 Å². The number of carbonyl (C=O) groups is 1. The van der Waals surface area contributed by atoms with Crippen LogP contribution in [0, 0.1) is 5.92 Å². The van der Waals surface area contributed by atoms with Crippen molar-refractivity contribution in [3.8, 4) is 0 Å². The number of rotatable bonds is 1. The lowest BCUT2D eigenvalue weighted by atomic mass is 9.83. The van der Waals surface area contributed by atoms with Gasteiger partial charge in [0.1, 0.15) is 0 Å². The number of nitrogens with zero attached hydrogens (tertiary/aromatic N) is 1. The zero-order valence-corrected chi connectivity index (χ0v) is 10.4. The molecule has 2 saturated heterocycles. The fourth-order valence-corrected chi connectivity index (χ4v) is 3.14. The Morgan fingerprint density at radius 3 is 2.88 bits per heavy atom. The van der Waals surface area contributed by atoms with Crippen molar-refractivity contribution >= 4 is 5.91 Å². The van der Waals surface area contributed by atoms with Crippen LogP contribution in [0.15, 0.2) is 0 Å². The first kappa shape index (κ1) is 11.5. The maximum Gasteiger partial charge on any atom is 0.225 e. The molecular formula is C13H22N2O2. The van der Waals surface area contributed by atoms with E-state index in [1.807, 2.05) is 0 Å². The zero-order chi connectivity index (χ0) is 11.7. The zero-order valence-electron chi connectivity index (χ0n) is 10.4.